The first-order valence-corrected chi connectivity index (χ1v) is 9.57. The predicted molar refractivity (Wildman–Crippen MR) is 108 cm³/mol. The molecule has 0 aliphatic carbocycles. The van der Waals surface area contributed by atoms with Crippen molar-refractivity contribution in [1.29, 1.82) is 0 Å². The van der Waals surface area contributed by atoms with Gasteiger partial charge in [-0.1, -0.05) is 29.8 Å². The Morgan fingerprint density at radius 3 is 2.78 bits per heavy atom. The molecule has 1 fully saturated rings. The summed E-state index contributed by atoms with van der Waals surface area (Å²) in [6.07, 6.45) is 1.53. The minimum absolute atomic E-state index is 0.0274. The monoisotopic (exact) mass is 423 g/mol. The van der Waals surface area contributed by atoms with Gasteiger partial charge in [0.15, 0.2) is 0 Å². The molecule has 2 heterocycles. The van der Waals surface area contributed by atoms with E-state index in [0.717, 1.165) is 16.7 Å². The smallest absolute Gasteiger partial charge is 0.293 e. The van der Waals surface area contributed by atoms with Gasteiger partial charge in [0.2, 0.25) is 0 Å². The van der Waals surface area contributed by atoms with E-state index < -0.39 is 5.91 Å². The van der Waals surface area contributed by atoms with Gasteiger partial charge in [0.1, 0.15) is 17.3 Å². The number of amides is 2. The standard InChI is InChI=1S/C19H15Cl2NO4S/c1-3-25-11(2)10-22-18(23)17(27-19(22)24)9-13-5-7-16(26-13)14-6-4-12(20)8-15(14)21/h4-9H,2-3,10H2,1H3/b17-9-. The lowest BCUT2D eigenvalue weighted by Crippen LogP contribution is -2.30. The molecule has 0 atom stereocenters. The lowest BCUT2D eigenvalue weighted by atomic mass is 10.2. The first kappa shape index (κ1) is 19.6. The fourth-order valence-electron chi connectivity index (χ4n) is 2.46. The van der Waals surface area contributed by atoms with Crippen molar-refractivity contribution in [1.82, 2.24) is 4.90 Å². The number of thioether (sulfide) groups is 1. The molecule has 0 saturated carbocycles. The second kappa shape index (κ2) is 8.25. The zero-order chi connectivity index (χ0) is 19.6. The summed E-state index contributed by atoms with van der Waals surface area (Å²) in [7, 11) is 0. The second-order valence-corrected chi connectivity index (χ2v) is 7.40. The molecule has 0 unspecified atom stereocenters. The van der Waals surface area contributed by atoms with Crippen LogP contribution >= 0.6 is 35.0 Å². The van der Waals surface area contributed by atoms with E-state index >= 15 is 0 Å². The molecule has 1 aliphatic rings. The maximum Gasteiger partial charge on any atom is 0.293 e. The van der Waals surface area contributed by atoms with Gasteiger partial charge in [0, 0.05) is 16.7 Å². The van der Waals surface area contributed by atoms with Crippen LogP contribution in [0.3, 0.4) is 0 Å². The van der Waals surface area contributed by atoms with E-state index in [1.807, 2.05) is 0 Å². The summed E-state index contributed by atoms with van der Waals surface area (Å²) in [6.45, 7) is 5.96. The van der Waals surface area contributed by atoms with Gasteiger partial charge in [0.25, 0.3) is 11.1 Å². The van der Waals surface area contributed by atoms with E-state index in [9.17, 15) is 9.59 Å². The van der Waals surface area contributed by atoms with Crippen LogP contribution in [0.2, 0.25) is 10.0 Å². The fraction of sp³-hybridized carbons (Fsp3) is 0.158. The molecule has 1 aliphatic heterocycles. The molecule has 0 N–H and O–H groups in total. The fourth-order valence-corrected chi connectivity index (χ4v) is 3.78. The number of halogens is 2. The number of ether oxygens (including phenoxy) is 1. The molecule has 0 radical (unpaired) electrons. The SMILES string of the molecule is C=C(CN1C(=O)S/C(=C\c2ccc(-c3ccc(Cl)cc3Cl)o2)C1=O)OCC. The zero-order valence-corrected chi connectivity index (χ0v) is 16.7. The molecule has 0 bridgehead atoms. The van der Waals surface area contributed by atoms with Crippen LogP contribution in [-0.4, -0.2) is 29.2 Å². The molecular formula is C19H15Cl2NO4S. The van der Waals surface area contributed by atoms with Crippen LogP contribution in [0.5, 0.6) is 0 Å². The van der Waals surface area contributed by atoms with Gasteiger partial charge in [0.05, 0.1) is 23.1 Å². The van der Waals surface area contributed by atoms with E-state index in [1.165, 1.54) is 6.08 Å². The van der Waals surface area contributed by atoms with Crippen molar-refractivity contribution in [2.75, 3.05) is 13.2 Å². The summed E-state index contributed by atoms with van der Waals surface area (Å²) in [5, 5.41) is 0.607. The summed E-state index contributed by atoms with van der Waals surface area (Å²) in [5.74, 6) is 0.920. The highest BCUT2D eigenvalue weighted by Crippen LogP contribution is 2.35. The van der Waals surface area contributed by atoms with Gasteiger partial charge < -0.3 is 9.15 Å². The number of carbonyl (C=O) groups is 2. The Morgan fingerprint density at radius 1 is 1.30 bits per heavy atom. The van der Waals surface area contributed by atoms with Gasteiger partial charge in [-0.15, -0.1) is 0 Å². The lowest BCUT2D eigenvalue weighted by Gasteiger charge is -2.14. The Morgan fingerprint density at radius 2 is 2.07 bits per heavy atom. The molecule has 140 valence electrons. The van der Waals surface area contributed by atoms with Crippen LogP contribution in [0.15, 0.2) is 52.0 Å². The van der Waals surface area contributed by atoms with Gasteiger partial charge in [-0.25, -0.2) is 0 Å². The summed E-state index contributed by atoms with van der Waals surface area (Å²) < 4.78 is 11.0. The molecule has 0 spiro atoms. The van der Waals surface area contributed by atoms with E-state index in [4.69, 9.17) is 32.4 Å². The molecule has 1 aromatic carbocycles. The zero-order valence-electron chi connectivity index (χ0n) is 14.3. The van der Waals surface area contributed by atoms with Crippen LogP contribution in [0.1, 0.15) is 12.7 Å². The molecule has 3 rings (SSSR count). The summed E-state index contributed by atoms with van der Waals surface area (Å²) in [4.78, 5) is 25.9. The van der Waals surface area contributed by atoms with Crippen molar-refractivity contribution in [3.05, 3.63) is 63.4 Å². The number of carbonyl (C=O) groups excluding carboxylic acids is 2. The predicted octanol–water partition coefficient (Wildman–Crippen LogP) is 5.84. The third kappa shape index (κ3) is 4.40. The molecule has 1 saturated heterocycles. The van der Waals surface area contributed by atoms with Crippen LogP contribution < -0.4 is 0 Å². The number of benzene rings is 1. The van der Waals surface area contributed by atoms with Crippen molar-refractivity contribution < 1.29 is 18.7 Å². The number of rotatable bonds is 6. The summed E-state index contributed by atoms with van der Waals surface area (Å²) >= 11 is 12.9. The first-order valence-electron chi connectivity index (χ1n) is 8.00. The number of hydrogen-bond donors (Lipinski definition) is 0. The van der Waals surface area contributed by atoms with Crippen molar-refractivity contribution in [2.24, 2.45) is 0 Å². The third-order valence-corrected chi connectivity index (χ3v) is 5.11. The van der Waals surface area contributed by atoms with Crippen LogP contribution in [0, 0.1) is 0 Å². The molecule has 8 heteroatoms. The number of hydrogen-bond acceptors (Lipinski definition) is 5. The highest BCUT2D eigenvalue weighted by atomic mass is 35.5. The largest absolute Gasteiger partial charge is 0.497 e. The average Bonchev–Trinajstić information content (AvgIpc) is 3.16. The normalized spacial score (nSPS) is 15.7. The van der Waals surface area contributed by atoms with Crippen LogP contribution in [-0.2, 0) is 9.53 Å². The molecule has 5 nitrogen and oxygen atoms in total. The van der Waals surface area contributed by atoms with Crippen LogP contribution in [0.25, 0.3) is 17.4 Å². The lowest BCUT2D eigenvalue weighted by molar-refractivity contribution is -0.122. The highest BCUT2D eigenvalue weighted by Gasteiger charge is 2.35. The summed E-state index contributed by atoms with van der Waals surface area (Å²) in [6, 6.07) is 8.52. The maximum atomic E-state index is 12.5. The van der Waals surface area contributed by atoms with Gasteiger partial charge in [-0.3, -0.25) is 14.5 Å². The van der Waals surface area contributed by atoms with Gasteiger partial charge in [-0.2, -0.15) is 0 Å². The number of imide groups is 1. The summed E-state index contributed by atoms with van der Waals surface area (Å²) in [5.41, 5.74) is 0.682. The maximum absolute atomic E-state index is 12.5. The van der Waals surface area contributed by atoms with E-state index in [0.29, 0.717) is 39.5 Å². The topological polar surface area (TPSA) is 59.8 Å². The Hall–Kier alpha value is -2.15. The highest BCUT2D eigenvalue weighted by molar-refractivity contribution is 8.18. The van der Waals surface area contributed by atoms with Crippen molar-refractivity contribution in [3.8, 4) is 11.3 Å². The molecule has 27 heavy (non-hydrogen) atoms. The Kier molecular flexibility index (Phi) is 5.99. The Bertz CT molecular complexity index is 951. The molecule has 2 amide bonds. The number of furan rings is 1. The third-order valence-electron chi connectivity index (χ3n) is 3.65. The molecular weight excluding hydrogens is 409 g/mol. The van der Waals surface area contributed by atoms with Crippen molar-refractivity contribution >= 4 is 52.2 Å². The Balaban J connectivity index is 1.79. The minimum Gasteiger partial charge on any atom is -0.497 e. The first-order chi connectivity index (χ1) is 12.9. The molecule has 1 aromatic heterocycles. The quantitative estimate of drug-likeness (QED) is 0.431. The number of nitrogens with zero attached hydrogens (tertiary/aromatic N) is 1. The van der Waals surface area contributed by atoms with E-state index in [2.05, 4.69) is 6.58 Å². The van der Waals surface area contributed by atoms with E-state index in [-0.39, 0.29) is 16.7 Å². The second-order valence-electron chi connectivity index (χ2n) is 5.57. The Labute approximate surface area is 170 Å². The van der Waals surface area contributed by atoms with Crippen LogP contribution in [0.4, 0.5) is 4.79 Å². The minimum atomic E-state index is -0.409. The molecule has 2 aromatic rings. The van der Waals surface area contributed by atoms with Gasteiger partial charge in [-0.05, 0) is 49.0 Å². The van der Waals surface area contributed by atoms with E-state index in [1.54, 1.807) is 37.3 Å². The average molecular weight is 424 g/mol. The van der Waals surface area contributed by atoms with Gasteiger partial charge >= 0.3 is 0 Å². The van der Waals surface area contributed by atoms with Crippen molar-refractivity contribution in [3.63, 3.8) is 0 Å². The van der Waals surface area contributed by atoms with Crippen molar-refractivity contribution in [2.45, 2.75) is 6.92 Å².